The summed E-state index contributed by atoms with van der Waals surface area (Å²) in [4.78, 5) is 18.4. The highest BCUT2D eigenvalue weighted by atomic mass is 79.9. The number of nitrogens with zero attached hydrogens (tertiary/aromatic N) is 2. The molecule has 1 fully saturated rings. The third-order valence-corrected chi connectivity index (χ3v) is 7.39. The lowest BCUT2D eigenvalue weighted by atomic mass is 9.89. The molecule has 0 saturated carbocycles. The van der Waals surface area contributed by atoms with Gasteiger partial charge < -0.3 is 10.2 Å². The van der Waals surface area contributed by atoms with Crippen LogP contribution in [0, 0.1) is 0 Å². The highest BCUT2D eigenvalue weighted by Gasteiger charge is 2.50. The number of likely N-dealkylation sites (N-methyl/N-ethyl adjacent to an activating group) is 1. The molecule has 0 aromatic heterocycles. The normalized spacial score (nSPS) is 19.6. The van der Waals surface area contributed by atoms with Gasteiger partial charge in [0, 0.05) is 55.0 Å². The Bertz CT molecular complexity index is 865. The van der Waals surface area contributed by atoms with E-state index in [0.29, 0.717) is 0 Å². The number of benzene rings is 2. The molecule has 2 aliphatic rings. The fourth-order valence-corrected chi connectivity index (χ4v) is 6.07. The molecule has 2 aromatic carbocycles. The number of piperazine rings is 1. The van der Waals surface area contributed by atoms with Crippen molar-refractivity contribution >= 4 is 37.8 Å². The smallest absolute Gasteiger partial charge is 0.244 e. The SMILES string of the molecule is C[C@H](c1cc(Br)cc(Br)c1)N(C)C(=O)C1(N2CCNCC2)Cc2ccccc2C1. The zero-order valence-electron chi connectivity index (χ0n) is 16.9. The summed E-state index contributed by atoms with van der Waals surface area (Å²) in [5.74, 6) is 0.221. The summed E-state index contributed by atoms with van der Waals surface area (Å²) in [6.45, 7) is 5.79. The van der Waals surface area contributed by atoms with Crippen molar-refractivity contribution in [2.24, 2.45) is 0 Å². The van der Waals surface area contributed by atoms with Crippen molar-refractivity contribution in [1.82, 2.24) is 15.1 Å². The number of hydrogen-bond donors (Lipinski definition) is 1. The minimum absolute atomic E-state index is 0.0141. The summed E-state index contributed by atoms with van der Waals surface area (Å²) in [5, 5.41) is 3.43. The lowest BCUT2D eigenvalue weighted by molar-refractivity contribution is -0.145. The van der Waals surface area contributed by atoms with Gasteiger partial charge in [-0.25, -0.2) is 0 Å². The van der Waals surface area contributed by atoms with Crippen molar-refractivity contribution in [1.29, 1.82) is 0 Å². The molecule has 29 heavy (non-hydrogen) atoms. The second-order valence-corrected chi connectivity index (χ2v) is 10.0. The van der Waals surface area contributed by atoms with E-state index in [1.54, 1.807) is 0 Å². The van der Waals surface area contributed by atoms with E-state index in [2.05, 4.69) is 85.4 Å². The van der Waals surface area contributed by atoms with Gasteiger partial charge in [0.2, 0.25) is 5.91 Å². The van der Waals surface area contributed by atoms with Crippen LogP contribution in [0.3, 0.4) is 0 Å². The molecule has 0 unspecified atom stereocenters. The highest BCUT2D eigenvalue weighted by Crippen LogP contribution is 2.38. The van der Waals surface area contributed by atoms with Gasteiger partial charge in [-0.05, 0) is 41.8 Å². The van der Waals surface area contributed by atoms with Gasteiger partial charge in [0.15, 0.2) is 0 Å². The van der Waals surface area contributed by atoms with Crippen LogP contribution in [0.15, 0.2) is 51.4 Å². The summed E-state index contributed by atoms with van der Waals surface area (Å²) >= 11 is 7.16. The lowest BCUT2D eigenvalue weighted by Crippen LogP contribution is -2.64. The fourth-order valence-electron chi connectivity index (χ4n) is 4.74. The average molecular weight is 521 g/mol. The first-order valence-electron chi connectivity index (χ1n) is 10.2. The number of carbonyl (C=O) groups excluding carboxylic acids is 1. The predicted molar refractivity (Wildman–Crippen MR) is 124 cm³/mol. The van der Waals surface area contributed by atoms with E-state index in [1.807, 2.05) is 18.0 Å². The maximum atomic E-state index is 14.1. The topological polar surface area (TPSA) is 35.6 Å². The van der Waals surface area contributed by atoms with Gasteiger partial charge in [0.1, 0.15) is 5.54 Å². The van der Waals surface area contributed by atoms with Crippen LogP contribution in [0.2, 0.25) is 0 Å². The summed E-state index contributed by atoms with van der Waals surface area (Å²) in [5.41, 5.74) is 3.25. The Balaban J connectivity index is 1.66. The molecular weight excluding hydrogens is 494 g/mol. The Labute approximate surface area is 189 Å². The molecule has 1 heterocycles. The first kappa shape index (κ1) is 21.0. The molecule has 1 atom stereocenters. The molecule has 1 N–H and O–H groups in total. The van der Waals surface area contributed by atoms with E-state index < -0.39 is 5.54 Å². The molecule has 2 aromatic rings. The van der Waals surface area contributed by atoms with Crippen LogP contribution < -0.4 is 5.32 Å². The number of fused-ring (bicyclic) bond motifs is 1. The third-order valence-electron chi connectivity index (χ3n) is 6.47. The number of amides is 1. The van der Waals surface area contributed by atoms with Gasteiger partial charge in [0.05, 0.1) is 6.04 Å². The molecule has 154 valence electrons. The molecule has 1 saturated heterocycles. The van der Waals surface area contributed by atoms with Crippen molar-refractivity contribution in [3.05, 3.63) is 68.1 Å². The quantitative estimate of drug-likeness (QED) is 0.657. The van der Waals surface area contributed by atoms with Crippen LogP contribution in [0.5, 0.6) is 0 Å². The number of hydrogen-bond acceptors (Lipinski definition) is 3. The van der Waals surface area contributed by atoms with Crippen LogP contribution >= 0.6 is 31.9 Å². The first-order valence-corrected chi connectivity index (χ1v) is 11.7. The standard InChI is InChI=1S/C23H27Br2N3O/c1-16(19-11-20(24)13-21(25)12-19)27(2)22(29)23(28-9-7-26-8-10-28)14-17-5-3-4-6-18(17)15-23/h3-6,11-13,16,26H,7-10,14-15H2,1-2H3/t16-/m1/s1. The Morgan fingerprint density at radius 3 is 2.17 bits per heavy atom. The summed E-state index contributed by atoms with van der Waals surface area (Å²) in [7, 11) is 1.95. The van der Waals surface area contributed by atoms with E-state index in [4.69, 9.17) is 0 Å². The Hall–Kier alpha value is -1.21. The minimum Gasteiger partial charge on any atom is -0.337 e. The van der Waals surface area contributed by atoms with Crippen molar-refractivity contribution in [2.45, 2.75) is 31.3 Å². The second-order valence-electron chi connectivity index (χ2n) is 8.19. The zero-order valence-corrected chi connectivity index (χ0v) is 20.1. The molecule has 0 bridgehead atoms. The van der Waals surface area contributed by atoms with E-state index in [1.165, 1.54) is 11.1 Å². The molecule has 1 aliphatic carbocycles. The van der Waals surface area contributed by atoms with Gasteiger partial charge in [0.25, 0.3) is 0 Å². The number of halogens is 2. The Kier molecular flexibility index (Phi) is 6.17. The largest absolute Gasteiger partial charge is 0.337 e. The van der Waals surface area contributed by atoms with Gasteiger partial charge in [-0.1, -0.05) is 56.1 Å². The van der Waals surface area contributed by atoms with Gasteiger partial charge >= 0.3 is 0 Å². The summed E-state index contributed by atoms with van der Waals surface area (Å²) < 4.78 is 2.03. The lowest BCUT2D eigenvalue weighted by Gasteiger charge is -2.45. The van der Waals surface area contributed by atoms with Gasteiger partial charge in [-0.3, -0.25) is 9.69 Å². The molecular formula is C23H27Br2N3O. The van der Waals surface area contributed by atoms with Gasteiger partial charge in [-0.2, -0.15) is 0 Å². The third kappa shape index (κ3) is 4.05. The number of rotatable bonds is 4. The molecule has 6 heteroatoms. The first-order chi connectivity index (χ1) is 13.9. The zero-order chi connectivity index (χ0) is 20.6. The molecule has 1 aliphatic heterocycles. The number of nitrogens with one attached hydrogen (secondary N) is 1. The highest BCUT2D eigenvalue weighted by molar-refractivity contribution is 9.11. The maximum absolute atomic E-state index is 14.1. The summed E-state index contributed by atoms with van der Waals surface area (Å²) in [6.07, 6.45) is 1.59. The van der Waals surface area contributed by atoms with Crippen LogP contribution in [0.25, 0.3) is 0 Å². The minimum atomic E-state index is -0.488. The van der Waals surface area contributed by atoms with Gasteiger partial charge in [-0.15, -0.1) is 0 Å². The van der Waals surface area contributed by atoms with Crippen LogP contribution in [-0.4, -0.2) is 54.5 Å². The van der Waals surface area contributed by atoms with Crippen molar-refractivity contribution < 1.29 is 4.79 Å². The maximum Gasteiger partial charge on any atom is 0.244 e. The van der Waals surface area contributed by atoms with E-state index in [-0.39, 0.29) is 11.9 Å². The van der Waals surface area contributed by atoms with Crippen molar-refractivity contribution in [2.75, 3.05) is 33.2 Å². The Morgan fingerprint density at radius 2 is 1.62 bits per heavy atom. The van der Waals surface area contributed by atoms with E-state index in [9.17, 15) is 4.79 Å². The monoisotopic (exact) mass is 519 g/mol. The van der Waals surface area contributed by atoms with Crippen molar-refractivity contribution in [3.8, 4) is 0 Å². The van der Waals surface area contributed by atoms with Crippen LogP contribution in [0.4, 0.5) is 0 Å². The fraction of sp³-hybridized carbons (Fsp3) is 0.435. The molecule has 4 nitrogen and oxygen atoms in total. The Morgan fingerprint density at radius 1 is 1.07 bits per heavy atom. The molecule has 4 rings (SSSR count). The molecule has 0 radical (unpaired) electrons. The summed E-state index contributed by atoms with van der Waals surface area (Å²) in [6, 6.07) is 14.7. The second kappa shape index (κ2) is 8.50. The predicted octanol–water partition coefficient (Wildman–Crippen LogP) is 4.17. The van der Waals surface area contributed by atoms with Crippen molar-refractivity contribution in [3.63, 3.8) is 0 Å². The average Bonchev–Trinajstić information content (AvgIpc) is 3.13. The van der Waals surface area contributed by atoms with E-state index >= 15 is 0 Å². The number of carbonyl (C=O) groups is 1. The molecule has 0 spiro atoms. The molecule has 1 amide bonds. The van der Waals surface area contributed by atoms with Crippen LogP contribution in [-0.2, 0) is 17.6 Å². The van der Waals surface area contributed by atoms with Crippen LogP contribution in [0.1, 0.15) is 29.7 Å². The van der Waals surface area contributed by atoms with E-state index in [0.717, 1.165) is 53.5 Å².